The van der Waals surface area contributed by atoms with Gasteiger partial charge in [0, 0.05) is 23.5 Å². The van der Waals surface area contributed by atoms with Crippen LogP contribution in [-0.4, -0.2) is 57.9 Å². The second-order valence-electron chi connectivity index (χ2n) is 6.83. The van der Waals surface area contributed by atoms with Crippen molar-refractivity contribution in [3.8, 4) is 11.5 Å². The van der Waals surface area contributed by atoms with Crippen molar-refractivity contribution in [2.45, 2.75) is 11.8 Å². The first-order valence-electron chi connectivity index (χ1n) is 9.40. The lowest BCUT2D eigenvalue weighted by Gasteiger charge is -2.32. The van der Waals surface area contributed by atoms with Gasteiger partial charge >= 0.3 is 0 Å². The number of rotatable bonds is 6. The molecule has 0 atom stereocenters. The predicted molar refractivity (Wildman–Crippen MR) is 106 cm³/mol. The molecule has 1 saturated heterocycles. The lowest BCUT2D eigenvalue weighted by Crippen LogP contribution is -3.13. The summed E-state index contributed by atoms with van der Waals surface area (Å²) in [5.74, 6) is 0.314. The van der Waals surface area contributed by atoms with Crippen LogP contribution in [0.4, 0.5) is 4.39 Å². The van der Waals surface area contributed by atoms with Crippen molar-refractivity contribution in [1.29, 1.82) is 0 Å². The molecule has 1 fully saturated rings. The number of benzene rings is 1. The van der Waals surface area contributed by atoms with Gasteiger partial charge in [-0.2, -0.15) is 0 Å². The first-order valence-corrected chi connectivity index (χ1v) is 10.4. The van der Waals surface area contributed by atoms with Crippen LogP contribution in [0.5, 0.6) is 0 Å². The smallest absolute Gasteiger partial charge is 0.277 e. The van der Waals surface area contributed by atoms with Crippen LogP contribution in [0.15, 0.2) is 58.4 Å². The predicted octanol–water partition coefficient (Wildman–Crippen LogP) is 1.29. The third-order valence-electron chi connectivity index (χ3n) is 4.84. The normalized spacial score (nSPS) is 14.9. The zero-order valence-corrected chi connectivity index (χ0v) is 16.6. The summed E-state index contributed by atoms with van der Waals surface area (Å²) < 4.78 is 18.6. The molecule has 1 aliphatic rings. The molecule has 3 heterocycles. The molecule has 0 unspecified atom stereocenters. The molecule has 2 aromatic heterocycles. The van der Waals surface area contributed by atoms with Crippen LogP contribution in [-0.2, 0) is 11.3 Å². The maximum Gasteiger partial charge on any atom is 0.277 e. The number of hydrogen-bond acceptors (Lipinski definition) is 6. The number of amides is 1. The van der Waals surface area contributed by atoms with Crippen molar-refractivity contribution < 1.29 is 18.5 Å². The van der Waals surface area contributed by atoms with Gasteiger partial charge in [0.1, 0.15) is 12.4 Å². The minimum Gasteiger partial charge on any atom is -0.411 e. The standard InChI is InChI=1S/C20H20FN5O2S/c21-17-3-1-16(2-4-17)19-23-24-20(28-19)29-14-18(27)26-11-9-25(10-12-26)13-15-5-7-22-8-6-15/h1-8H,9-14H2/p+1. The zero-order chi connectivity index (χ0) is 20.1. The summed E-state index contributed by atoms with van der Waals surface area (Å²) in [5.41, 5.74) is 1.91. The molecule has 1 N–H and O–H groups in total. The van der Waals surface area contributed by atoms with E-state index in [1.54, 1.807) is 12.1 Å². The largest absolute Gasteiger partial charge is 0.411 e. The van der Waals surface area contributed by atoms with Crippen LogP contribution >= 0.6 is 11.8 Å². The summed E-state index contributed by atoms with van der Waals surface area (Å²) in [7, 11) is 0. The summed E-state index contributed by atoms with van der Waals surface area (Å²) in [5, 5.41) is 8.26. The van der Waals surface area contributed by atoms with E-state index in [0.717, 1.165) is 32.7 Å². The SMILES string of the molecule is O=C(CSc1nnc(-c2ccc(F)cc2)o1)N1CC[NH+](Cc2ccncc2)CC1. The highest BCUT2D eigenvalue weighted by atomic mass is 32.2. The highest BCUT2D eigenvalue weighted by Crippen LogP contribution is 2.23. The van der Waals surface area contributed by atoms with Crippen LogP contribution in [0, 0.1) is 5.82 Å². The van der Waals surface area contributed by atoms with E-state index < -0.39 is 0 Å². The molecule has 7 nitrogen and oxygen atoms in total. The Balaban J connectivity index is 1.24. The molecular formula is C20H21FN5O2S+. The Bertz CT molecular complexity index is 943. The topological polar surface area (TPSA) is 76.6 Å². The molecule has 1 amide bonds. The molecule has 0 bridgehead atoms. The number of hydrogen-bond donors (Lipinski definition) is 1. The second kappa shape index (κ2) is 9.15. The Morgan fingerprint density at radius 3 is 2.55 bits per heavy atom. The van der Waals surface area contributed by atoms with Crippen LogP contribution in [0.25, 0.3) is 11.5 Å². The summed E-state index contributed by atoms with van der Waals surface area (Å²) in [4.78, 5) is 19.9. The van der Waals surface area contributed by atoms with E-state index >= 15 is 0 Å². The van der Waals surface area contributed by atoms with Crippen LogP contribution in [0.3, 0.4) is 0 Å². The molecule has 9 heteroatoms. The van der Waals surface area contributed by atoms with Crippen molar-refractivity contribution in [3.05, 3.63) is 60.2 Å². The number of piperazine rings is 1. The molecule has 29 heavy (non-hydrogen) atoms. The Hall–Kier alpha value is -2.78. The van der Waals surface area contributed by atoms with Gasteiger partial charge in [-0.1, -0.05) is 11.8 Å². The summed E-state index contributed by atoms with van der Waals surface area (Å²) in [6.07, 6.45) is 3.62. The second-order valence-corrected chi connectivity index (χ2v) is 7.76. The first-order chi connectivity index (χ1) is 14.2. The fourth-order valence-corrected chi connectivity index (χ4v) is 3.90. The van der Waals surface area contributed by atoms with Gasteiger partial charge in [-0.25, -0.2) is 4.39 Å². The van der Waals surface area contributed by atoms with Crippen molar-refractivity contribution in [3.63, 3.8) is 0 Å². The molecule has 150 valence electrons. The summed E-state index contributed by atoms with van der Waals surface area (Å²) in [6.45, 7) is 4.28. The van der Waals surface area contributed by atoms with Crippen LogP contribution < -0.4 is 4.90 Å². The van der Waals surface area contributed by atoms with Gasteiger partial charge in [0.25, 0.3) is 5.22 Å². The number of thioether (sulfide) groups is 1. The molecule has 1 aromatic carbocycles. The lowest BCUT2D eigenvalue weighted by atomic mass is 10.2. The highest BCUT2D eigenvalue weighted by molar-refractivity contribution is 7.99. The quantitative estimate of drug-likeness (QED) is 0.613. The van der Waals surface area contributed by atoms with E-state index in [-0.39, 0.29) is 17.5 Å². The van der Waals surface area contributed by atoms with E-state index in [2.05, 4.69) is 15.2 Å². The molecule has 1 aliphatic heterocycles. The summed E-state index contributed by atoms with van der Waals surface area (Å²) in [6, 6.07) is 9.91. The lowest BCUT2D eigenvalue weighted by molar-refractivity contribution is -0.917. The van der Waals surface area contributed by atoms with Gasteiger partial charge in [0.05, 0.1) is 31.9 Å². The summed E-state index contributed by atoms with van der Waals surface area (Å²) >= 11 is 1.22. The molecule has 4 rings (SSSR count). The monoisotopic (exact) mass is 414 g/mol. The van der Waals surface area contributed by atoms with Gasteiger partial charge in [0.2, 0.25) is 11.8 Å². The van der Waals surface area contributed by atoms with Crippen LogP contribution in [0.2, 0.25) is 0 Å². The van der Waals surface area contributed by atoms with Crippen molar-refractivity contribution >= 4 is 17.7 Å². The molecule has 0 radical (unpaired) electrons. The van der Waals surface area contributed by atoms with Gasteiger partial charge in [-0.05, 0) is 36.4 Å². The molecule has 0 saturated carbocycles. The van der Waals surface area contributed by atoms with Crippen molar-refractivity contribution in [2.24, 2.45) is 0 Å². The highest BCUT2D eigenvalue weighted by Gasteiger charge is 2.24. The average Bonchev–Trinajstić information content (AvgIpc) is 3.23. The minimum atomic E-state index is -0.323. The fourth-order valence-electron chi connectivity index (χ4n) is 3.23. The third kappa shape index (κ3) is 5.18. The molecular weight excluding hydrogens is 393 g/mol. The Labute approximate surface area is 171 Å². The maximum atomic E-state index is 13.0. The van der Waals surface area contributed by atoms with Crippen molar-refractivity contribution in [1.82, 2.24) is 20.1 Å². The van der Waals surface area contributed by atoms with E-state index in [1.807, 2.05) is 29.4 Å². The molecule has 0 aliphatic carbocycles. The number of carbonyl (C=O) groups excluding carboxylic acids is 1. The van der Waals surface area contributed by atoms with Crippen LogP contribution in [0.1, 0.15) is 5.56 Å². The number of aromatic nitrogens is 3. The van der Waals surface area contributed by atoms with E-state index in [0.29, 0.717) is 16.7 Å². The fraction of sp³-hybridized carbons (Fsp3) is 0.300. The Morgan fingerprint density at radius 1 is 1.10 bits per heavy atom. The van der Waals surface area contributed by atoms with E-state index in [9.17, 15) is 9.18 Å². The number of quaternary nitrogens is 1. The average molecular weight is 414 g/mol. The zero-order valence-electron chi connectivity index (χ0n) is 15.8. The number of nitrogens with one attached hydrogen (secondary N) is 1. The number of carbonyl (C=O) groups is 1. The maximum absolute atomic E-state index is 13.0. The van der Waals surface area contributed by atoms with Gasteiger partial charge in [-0.3, -0.25) is 9.78 Å². The van der Waals surface area contributed by atoms with E-state index in [4.69, 9.17) is 4.42 Å². The third-order valence-corrected chi connectivity index (χ3v) is 5.65. The van der Waals surface area contributed by atoms with Gasteiger partial charge in [-0.15, -0.1) is 10.2 Å². The number of pyridine rings is 1. The molecule has 0 spiro atoms. The van der Waals surface area contributed by atoms with Crippen molar-refractivity contribution in [2.75, 3.05) is 31.9 Å². The van der Waals surface area contributed by atoms with E-state index in [1.165, 1.54) is 34.4 Å². The molecule has 3 aromatic rings. The number of nitrogens with zero attached hydrogens (tertiary/aromatic N) is 4. The number of halogens is 1. The van der Waals surface area contributed by atoms with Gasteiger partial charge in [0.15, 0.2) is 0 Å². The Kier molecular flexibility index (Phi) is 6.16. The minimum absolute atomic E-state index is 0.0690. The van der Waals surface area contributed by atoms with Gasteiger partial charge < -0.3 is 14.2 Å². The Morgan fingerprint density at radius 2 is 1.83 bits per heavy atom. The first kappa shape index (κ1) is 19.5.